The molecular weight excluding hydrogens is 242 g/mol. The molecule has 2 rings (SSSR count). The molecule has 0 aromatic heterocycles. The summed E-state index contributed by atoms with van der Waals surface area (Å²) in [4.78, 5) is 11.6. The van der Waals surface area contributed by atoms with Crippen LogP contribution in [0.5, 0.6) is 5.75 Å². The Bertz CT molecular complexity index is 422. The van der Waals surface area contributed by atoms with Gasteiger partial charge in [-0.05, 0) is 25.0 Å². The zero-order valence-corrected chi connectivity index (χ0v) is 9.66. The molecule has 18 heavy (non-hydrogen) atoms. The van der Waals surface area contributed by atoms with Gasteiger partial charge in [0, 0.05) is 6.04 Å². The molecule has 1 fully saturated rings. The summed E-state index contributed by atoms with van der Waals surface area (Å²) in [6.07, 6.45) is 2.16. The fourth-order valence-corrected chi connectivity index (χ4v) is 1.49. The van der Waals surface area contributed by atoms with E-state index in [0.29, 0.717) is 6.04 Å². The summed E-state index contributed by atoms with van der Waals surface area (Å²) >= 11 is 0. The summed E-state index contributed by atoms with van der Waals surface area (Å²) in [6.45, 7) is -2.74. The molecule has 0 atom stereocenters. The first-order valence-electron chi connectivity index (χ1n) is 5.72. The number of ether oxygens (including phenoxy) is 1. The third kappa shape index (κ3) is 3.96. The van der Waals surface area contributed by atoms with Crippen molar-refractivity contribution >= 4 is 11.6 Å². The molecule has 2 N–H and O–H groups in total. The van der Waals surface area contributed by atoms with Crippen LogP contribution < -0.4 is 15.4 Å². The average Bonchev–Trinajstić information content (AvgIpc) is 3.12. The molecule has 0 radical (unpaired) electrons. The van der Waals surface area contributed by atoms with E-state index in [-0.39, 0.29) is 23.9 Å². The van der Waals surface area contributed by atoms with E-state index in [9.17, 15) is 13.6 Å². The number of para-hydroxylation sites is 2. The van der Waals surface area contributed by atoms with Gasteiger partial charge in [-0.2, -0.15) is 8.78 Å². The molecule has 1 aliphatic rings. The fraction of sp³-hybridized carbons (Fsp3) is 0.417. The minimum atomic E-state index is -2.91. The third-order valence-electron chi connectivity index (χ3n) is 2.51. The predicted octanol–water partition coefficient (Wildman–Crippen LogP) is 1.98. The van der Waals surface area contributed by atoms with Gasteiger partial charge >= 0.3 is 6.61 Å². The van der Waals surface area contributed by atoms with Crippen LogP contribution in [0, 0.1) is 0 Å². The SMILES string of the molecule is O=C(CNC1CC1)Nc1ccccc1OC(F)F. The molecule has 0 spiro atoms. The molecule has 1 saturated carbocycles. The van der Waals surface area contributed by atoms with Gasteiger partial charge in [-0.1, -0.05) is 12.1 Å². The van der Waals surface area contributed by atoms with Crippen molar-refractivity contribution in [1.82, 2.24) is 5.32 Å². The maximum absolute atomic E-state index is 12.2. The minimum Gasteiger partial charge on any atom is -0.433 e. The molecule has 0 unspecified atom stereocenters. The molecule has 1 aromatic carbocycles. The summed E-state index contributed by atoms with van der Waals surface area (Å²) in [5.74, 6) is -0.306. The second-order valence-electron chi connectivity index (χ2n) is 4.08. The van der Waals surface area contributed by atoms with Gasteiger partial charge in [-0.3, -0.25) is 4.79 Å². The van der Waals surface area contributed by atoms with Crippen LogP contribution in [0.25, 0.3) is 0 Å². The zero-order chi connectivity index (χ0) is 13.0. The lowest BCUT2D eigenvalue weighted by Crippen LogP contribution is -2.29. The van der Waals surface area contributed by atoms with Crippen LogP contribution in [0.1, 0.15) is 12.8 Å². The van der Waals surface area contributed by atoms with Gasteiger partial charge in [0.05, 0.1) is 12.2 Å². The number of rotatable bonds is 6. The standard InChI is InChI=1S/C12H14F2N2O2/c13-12(14)18-10-4-2-1-3-9(10)16-11(17)7-15-8-5-6-8/h1-4,8,12,15H,5-7H2,(H,16,17). The lowest BCUT2D eigenvalue weighted by molar-refractivity contribution is -0.115. The number of carbonyl (C=O) groups excluding carboxylic acids is 1. The van der Waals surface area contributed by atoms with Gasteiger partial charge in [0.2, 0.25) is 5.91 Å². The quantitative estimate of drug-likeness (QED) is 0.818. The highest BCUT2D eigenvalue weighted by molar-refractivity contribution is 5.93. The number of halogens is 2. The molecule has 0 aliphatic heterocycles. The van der Waals surface area contributed by atoms with Crippen molar-refractivity contribution in [2.45, 2.75) is 25.5 Å². The number of amides is 1. The Hall–Kier alpha value is -1.69. The maximum atomic E-state index is 12.2. The van der Waals surface area contributed by atoms with E-state index in [1.807, 2.05) is 0 Å². The summed E-state index contributed by atoms with van der Waals surface area (Å²) in [6, 6.07) is 6.53. The summed E-state index contributed by atoms with van der Waals surface area (Å²) < 4.78 is 28.6. The summed E-state index contributed by atoms with van der Waals surface area (Å²) in [5, 5.41) is 5.58. The van der Waals surface area contributed by atoms with Crippen molar-refractivity contribution in [2.24, 2.45) is 0 Å². The molecule has 0 heterocycles. The van der Waals surface area contributed by atoms with E-state index in [1.165, 1.54) is 12.1 Å². The Morgan fingerprint density at radius 3 is 2.78 bits per heavy atom. The number of hydrogen-bond donors (Lipinski definition) is 2. The van der Waals surface area contributed by atoms with Gasteiger partial charge in [0.25, 0.3) is 0 Å². The molecule has 4 nitrogen and oxygen atoms in total. The molecule has 0 bridgehead atoms. The highest BCUT2D eigenvalue weighted by atomic mass is 19.3. The minimum absolute atomic E-state index is 0.0349. The first-order valence-corrected chi connectivity index (χ1v) is 5.72. The van der Waals surface area contributed by atoms with Crippen LogP contribution in [0.2, 0.25) is 0 Å². The molecule has 98 valence electrons. The lowest BCUT2D eigenvalue weighted by Gasteiger charge is -2.11. The van der Waals surface area contributed by atoms with E-state index in [2.05, 4.69) is 15.4 Å². The van der Waals surface area contributed by atoms with E-state index >= 15 is 0 Å². The lowest BCUT2D eigenvalue weighted by atomic mass is 10.3. The number of anilines is 1. The van der Waals surface area contributed by atoms with Crippen molar-refractivity contribution in [3.63, 3.8) is 0 Å². The topological polar surface area (TPSA) is 50.4 Å². The number of alkyl halides is 2. The van der Waals surface area contributed by atoms with Crippen molar-refractivity contribution < 1.29 is 18.3 Å². The first kappa shape index (κ1) is 12.8. The van der Waals surface area contributed by atoms with Crippen LogP contribution in [0.3, 0.4) is 0 Å². The molecule has 1 aromatic rings. The molecule has 0 saturated heterocycles. The third-order valence-corrected chi connectivity index (χ3v) is 2.51. The smallest absolute Gasteiger partial charge is 0.387 e. The van der Waals surface area contributed by atoms with E-state index in [0.717, 1.165) is 12.8 Å². The van der Waals surface area contributed by atoms with E-state index in [1.54, 1.807) is 12.1 Å². The van der Waals surface area contributed by atoms with Crippen molar-refractivity contribution in [3.05, 3.63) is 24.3 Å². The second-order valence-corrected chi connectivity index (χ2v) is 4.08. The van der Waals surface area contributed by atoms with E-state index in [4.69, 9.17) is 0 Å². The Balaban J connectivity index is 1.91. The van der Waals surface area contributed by atoms with Gasteiger partial charge in [-0.25, -0.2) is 0 Å². The van der Waals surface area contributed by atoms with Gasteiger partial charge in [-0.15, -0.1) is 0 Å². The van der Waals surface area contributed by atoms with Crippen LogP contribution in [0.15, 0.2) is 24.3 Å². The van der Waals surface area contributed by atoms with Gasteiger partial charge < -0.3 is 15.4 Å². The van der Waals surface area contributed by atoms with Crippen LogP contribution in [0.4, 0.5) is 14.5 Å². The average molecular weight is 256 g/mol. The molecule has 6 heteroatoms. The fourth-order valence-electron chi connectivity index (χ4n) is 1.49. The normalized spacial score (nSPS) is 14.6. The first-order chi connectivity index (χ1) is 8.65. The van der Waals surface area contributed by atoms with Crippen molar-refractivity contribution in [3.8, 4) is 5.75 Å². The van der Waals surface area contributed by atoms with Crippen LogP contribution in [-0.4, -0.2) is 25.1 Å². The Kier molecular flexibility index (Phi) is 4.09. The Labute approximate surface area is 103 Å². The molecule has 1 aliphatic carbocycles. The van der Waals surface area contributed by atoms with Crippen LogP contribution >= 0.6 is 0 Å². The summed E-state index contributed by atoms with van der Waals surface area (Å²) in [7, 11) is 0. The number of benzene rings is 1. The van der Waals surface area contributed by atoms with E-state index < -0.39 is 6.61 Å². The van der Waals surface area contributed by atoms with Gasteiger partial charge in [0.15, 0.2) is 0 Å². The van der Waals surface area contributed by atoms with Crippen molar-refractivity contribution in [2.75, 3.05) is 11.9 Å². The number of hydrogen-bond acceptors (Lipinski definition) is 3. The van der Waals surface area contributed by atoms with Crippen LogP contribution in [-0.2, 0) is 4.79 Å². The largest absolute Gasteiger partial charge is 0.433 e. The van der Waals surface area contributed by atoms with Gasteiger partial charge in [0.1, 0.15) is 5.75 Å². The summed E-state index contributed by atoms with van der Waals surface area (Å²) in [5.41, 5.74) is 0.250. The maximum Gasteiger partial charge on any atom is 0.387 e. The monoisotopic (exact) mass is 256 g/mol. The second kappa shape index (κ2) is 5.77. The Morgan fingerprint density at radius 1 is 1.39 bits per heavy atom. The molecular formula is C12H14F2N2O2. The zero-order valence-electron chi connectivity index (χ0n) is 9.66. The predicted molar refractivity (Wildman–Crippen MR) is 62.7 cm³/mol. The Morgan fingerprint density at radius 2 is 2.11 bits per heavy atom. The highest BCUT2D eigenvalue weighted by Crippen LogP contribution is 2.25. The highest BCUT2D eigenvalue weighted by Gasteiger charge is 2.21. The van der Waals surface area contributed by atoms with Crippen molar-refractivity contribution in [1.29, 1.82) is 0 Å². The molecule has 1 amide bonds. The number of carbonyl (C=O) groups is 1. The number of nitrogens with one attached hydrogen (secondary N) is 2.